The molecule has 1 aromatic heterocycles. The Hall–Kier alpha value is -1.99. The standard InChI is InChI=1S/C8H14N6O2/c1-5(2)10-6(15)3-4-9-8(16)7-11-13-14-12-7/h5H,3-4H2,1-2H3,(H,9,16)(H,10,15)(H,11,12,13,14). The van der Waals surface area contributed by atoms with Crippen LogP contribution >= 0.6 is 0 Å². The van der Waals surface area contributed by atoms with Crippen LogP contribution in [0.4, 0.5) is 0 Å². The highest BCUT2D eigenvalue weighted by Gasteiger charge is 2.10. The number of amides is 2. The molecule has 0 radical (unpaired) electrons. The van der Waals surface area contributed by atoms with Crippen molar-refractivity contribution in [2.24, 2.45) is 0 Å². The number of nitrogens with zero attached hydrogens (tertiary/aromatic N) is 3. The predicted molar refractivity (Wildman–Crippen MR) is 54.4 cm³/mol. The van der Waals surface area contributed by atoms with E-state index >= 15 is 0 Å². The second-order valence-electron chi connectivity index (χ2n) is 3.46. The van der Waals surface area contributed by atoms with E-state index in [1.165, 1.54) is 0 Å². The van der Waals surface area contributed by atoms with Crippen LogP contribution < -0.4 is 10.6 Å². The molecule has 0 aliphatic heterocycles. The second kappa shape index (κ2) is 5.79. The number of H-pyrrole nitrogens is 1. The van der Waals surface area contributed by atoms with Crippen LogP contribution in [0, 0.1) is 0 Å². The van der Waals surface area contributed by atoms with Crippen molar-refractivity contribution in [3.63, 3.8) is 0 Å². The van der Waals surface area contributed by atoms with E-state index in [9.17, 15) is 9.59 Å². The summed E-state index contributed by atoms with van der Waals surface area (Å²) in [6.07, 6.45) is 0.224. The van der Waals surface area contributed by atoms with Crippen LogP contribution in [0.3, 0.4) is 0 Å². The number of aromatic amines is 1. The summed E-state index contributed by atoms with van der Waals surface area (Å²) < 4.78 is 0. The van der Waals surface area contributed by atoms with Gasteiger partial charge in [0.15, 0.2) is 0 Å². The van der Waals surface area contributed by atoms with Gasteiger partial charge in [0.05, 0.1) is 0 Å². The van der Waals surface area contributed by atoms with Gasteiger partial charge in [0.1, 0.15) is 0 Å². The molecule has 0 saturated carbocycles. The van der Waals surface area contributed by atoms with Crippen molar-refractivity contribution < 1.29 is 9.59 Å². The summed E-state index contributed by atoms with van der Waals surface area (Å²) in [4.78, 5) is 22.5. The lowest BCUT2D eigenvalue weighted by atomic mass is 10.3. The molecule has 0 bridgehead atoms. The molecule has 0 aliphatic carbocycles. The zero-order valence-corrected chi connectivity index (χ0v) is 9.15. The lowest BCUT2D eigenvalue weighted by molar-refractivity contribution is -0.121. The number of rotatable bonds is 5. The van der Waals surface area contributed by atoms with E-state index in [4.69, 9.17) is 0 Å². The fraction of sp³-hybridized carbons (Fsp3) is 0.625. The molecule has 1 heterocycles. The molecule has 88 valence electrons. The van der Waals surface area contributed by atoms with Gasteiger partial charge in [-0.2, -0.15) is 5.21 Å². The summed E-state index contributed by atoms with van der Waals surface area (Å²) in [5, 5.41) is 17.6. The third kappa shape index (κ3) is 4.03. The molecule has 1 aromatic rings. The number of hydrogen-bond acceptors (Lipinski definition) is 5. The van der Waals surface area contributed by atoms with Gasteiger partial charge < -0.3 is 10.6 Å². The highest BCUT2D eigenvalue weighted by atomic mass is 16.2. The maximum absolute atomic E-state index is 11.3. The Labute approximate surface area is 92.2 Å². The van der Waals surface area contributed by atoms with Crippen molar-refractivity contribution in [1.82, 2.24) is 31.3 Å². The first-order chi connectivity index (χ1) is 7.59. The number of carbonyl (C=O) groups is 2. The van der Waals surface area contributed by atoms with Gasteiger partial charge in [-0.15, -0.1) is 10.2 Å². The fourth-order valence-electron chi connectivity index (χ4n) is 1.02. The first-order valence-corrected chi connectivity index (χ1v) is 4.90. The topological polar surface area (TPSA) is 113 Å². The molecular weight excluding hydrogens is 212 g/mol. The molecule has 2 amide bonds. The summed E-state index contributed by atoms with van der Waals surface area (Å²) in [6, 6.07) is 0.0976. The van der Waals surface area contributed by atoms with E-state index in [0.29, 0.717) is 0 Å². The quantitative estimate of drug-likeness (QED) is 0.586. The van der Waals surface area contributed by atoms with Crippen molar-refractivity contribution in [1.29, 1.82) is 0 Å². The third-order valence-electron chi connectivity index (χ3n) is 1.64. The Kier molecular flexibility index (Phi) is 4.37. The zero-order chi connectivity index (χ0) is 12.0. The van der Waals surface area contributed by atoms with Gasteiger partial charge in [0.25, 0.3) is 11.7 Å². The van der Waals surface area contributed by atoms with Crippen LogP contribution in [0.15, 0.2) is 0 Å². The Morgan fingerprint density at radius 3 is 2.75 bits per heavy atom. The summed E-state index contributed by atoms with van der Waals surface area (Å²) in [5.74, 6) is -0.598. The van der Waals surface area contributed by atoms with Gasteiger partial charge in [0.2, 0.25) is 5.91 Å². The zero-order valence-electron chi connectivity index (χ0n) is 9.15. The number of tetrazole rings is 1. The van der Waals surface area contributed by atoms with Gasteiger partial charge in [-0.05, 0) is 19.1 Å². The predicted octanol–water partition coefficient (Wildman–Crippen LogP) is -1.16. The maximum atomic E-state index is 11.3. The molecule has 3 N–H and O–H groups in total. The average Bonchev–Trinajstić information content (AvgIpc) is 2.68. The fourth-order valence-corrected chi connectivity index (χ4v) is 1.02. The van der Waals surface area contributed by atoms with Crippen molar-refractivity contribution in [2.75, 3.05) is 6.54 Å². The second-order valence-corrected chi connectivity index (χ2v) is 3.46. The molecule has 0 saturated heterocycles. The van der Waals surface area contributed by atoms with Crippen molar-refractivity contribution >= 4 is 11.8 Å². The van der Waals surface area contributed by atoms with Crippen LogP contribution in [0.5, 0.6) is 0 Å². The van der Waals surface area contributed by atoms with E-state index in [-0.39, 0.29) is 30.7 Å². The monoisotopic (exact) mass is 226 g/mol. The summed E-state index contributed by atoms with van der Waals surface area (Å²) in [7, 11) is 0. The Morgan fingerprint density at radius 1 is 1.44 bits per heavy atom. The Morgan fingerprint density at radius 2 is 2.19 bits per heavy atom. The largest absolute Gasteiger partial charge is 0.354 e. The summed E-state index contributed by atoms with van der Waals surface area (Å²) in [5.41, 5.74) is 0. The first-order valence-electron chi connectivity index (χ1n) is 4.90. The van der Waals surface area contributed by atoms with Crippen LogP contribution in [-0.2, 0) is 4.79 Å². The molecule has 1 rings (SSSR count). The summed E-state index contributed by atoms with van der Waals surface area (Å²) >= 11 is 0. The number of nitrogens with one attached hydrogen (secondary N) is 3. The van der Waals surface area contributed by atoms with E-state index in [1.54, 1.807) is 0 Å². The lowest BCUT2D eigenvalue weighted by Crippen LogP contribution is -2.34. The normalized spacial score (nSPS) is 10.2. The highest BCUT2D eigenvalue weighted by molar-refractivity contribution is 5.90. The summed E-state index contributed by atoms with van der Waals surface area (Å²) in [6.45, 7) is 3.98. The van der Waals surface area contributed by atoms with Crippen LogP contribution in [0.25, 0.3) is 0 Å². The number of hydrogen-bond donors (Lipinski definition) is 3. The average molecular weight is 226 g/mol. The molecule has 0 spiro atoms. The smallest absolute Gasteiger partial charge is 0.292 e. The molecule has 0 aromatic carbocycles. The SMILES string of the molecule is CC(C)NC(=O)CCNC(=O)c1nn[nH]n1. The van der Waals surface area contributed by atoms with Gasteiger partial charge in [-0.25, -0.2) is 0 Å². The maximum Gasteiger partial charge on any atom is 0.292 e. The number of carbonyl (C=O) groups excluding carboxylic acids is 2. The van der Waals surface area contributed by atoms with E-state index in [0.717, 1.165) is 0 Å². The van der Waals surface area contributed by atoms with Crippen molar-refractivity contribution in [2.45, 2.75) is 26.3 Å². The molecule has 8 heteroatoms. The van der Waals surface area contributed by atoms with Crippen LogP contribution in [0.1, 0.15) is 30.9 Å². The molecule has 0 atom stereocenters. The molecule has 8 nitrogen and oxygen atoms in total. The van der Waals surface area contributed by atoms with Gasteiger partial charge >= 0.3 is 0 Å². The minimum atomic E-state index is -0.453. The molecule has 16 heavy (non-hydrogen) atoms. The van der Waals surface area contributed by atoms with E-state index in [2.05, 4.69) is 31.3 Å². The van der Waals surface area contributed by atoms with E-state index in [1.807, 2.05) is 13.8 Å². The van der Waals surface area contributed by atoms with Gasteiger partial charge in [-0.3, -0.25) is 9.59 Å². The van der Waals surface area contributed by atoms with Crippen LogP contribution in [0.2, 0.25) is 0 Å². The lowest BCUT2D eigenvalue weighted by Gasteiger charge is -2.07. The number of aromatic nitrogens is 4. The van der Waals surface area contributed by atoms with Crippen molar-refractivity contribution in [3.05, 3.63) is 5.82 Å². The molecule has 0 unspecified atom stereocenters. The highest BCUT2D eigenvalue weighted by Crippen LogP contribution is 1.85. The Bertz CT molecular complexity index is 347. The van der Waals surface area contributed by atoms with Gasteiger partial charge in [-0.1, -0.05) is 0 Å². The molecular formula is C8H14N6O2. The third-order valence-corrected chi connectivity index (χ3v) is 1.64. The first kappa shape index (κ1) is 12.1. The van der Waals surface area contributed by atoms with Gasteiger partial charge in [0, 0.05) is 19.0 Å². The van der Waals surface area contributed by atoms with E-state index < -0.39 is 5.91 Å². The minimum absolute atomic E-state index is 0.0377. The van der Waals surface area contributed by atoms with Crippen molar-refractivity contribution in [3.8, 4) is 0 Å². The molecule has 0 fully saturated rings. The Balaban J connectivity index is 2.21. The molecule has 0 aliphatic rings. The van der Waals surface area contributed by atoms with Crippen LogP contribution in [-0.4, -0.2) is 45.0 Å². The minimum Gasteiger partial charge on any atom is -0.354 e.